The number of nitrogens with zero attached hydrogens (tertiary/aromatic N) is 1. The van der Waals surface area contributed by atoms with Crippen LogP contribution in [0.15, 0.2) is 36.4 Å². The zero-order valence-corrected chi connectivity index (χ0v) is 10.7. The first-order valence-electron chi connectivity index (χ1n) is 5.32. The highest BCUT2D eigenvalue weighted by atomic mass is 35.5. The predicted molar refractivity (Wildman–Crippen MR) is 69.3 cm³/mol. The minimum Gasteiger partial charge on any atom is -0.493 e. The Labute approximate surface area is 114 Å². The second kappa shape index (κ2) is 5.58. The van der Waals surface area contributed by atoms with Crippen molar-refractivity contribution in [2.75, 3.05) is 7.11 Å². The maximum absolute atomic E-state index is 10.9. The maximum atomic E-state index is 10.9. The van der Waals surface area contributed by atoms with E-state index < -0.39 is 5.97 Å². The number of hydrogen-bond donors (Lipinski definition) is 1. The largest absolute Gasteiger partial charge is 0.493 e. The van der Waals surface area contributed by atoms with Gasteiger partial charge in [0.1, 0.15) is 5.15 Å². The molecule has 1 aromatic heterocycles. The summed E-state index contributed by atoms with van der Waals surface area (Å²) in [7, 11) is 1.51. The van der Waals surface area contributed by atoms with Crippen LogP contribution in [0.4, 0.5) is 0 Å². The monoisotopic (exact) mass is 279 g/mol. The minimum absolute atomic E-state index is 0.00454. The molecular formula is C13H10ClNO4. The first kappa shape index (κ1) is 13.2. The van der Waals surface area contributed by atoms with Gasteiger partial charge in [-0.15, -0.1) is 0 Å². The summed E-state index contributed by atoms with van der Waals surface area (Å²) in [5, 5.41) is 8.98. The van der Waals surface area contributed by atoms with Crippen LogP contribution in [-0.2, 0) is 0 Å². The van der Waals surface area contributed by atoms with E-state index in [2.05, 4.69) is 4.98 Å². The Hall–Kier alpha value is -2.27. The van der Waals surface area contributed by atoms with Crippen LogP contribution in [0.1, 0.15) is 10.4 Å². The van der Waals surface area contributed by atoms with Crippen molar-refractivity contribution in [3.8, 4) is 17.4 Å². The van der Waals surface area contributed by atoms with Crippen molar-refractivity contribution in [1.82, 2.24) is 4.98 Å². The van der Waals surface area contributed by atoms with Gasteiger partial charge in [-0.05, 0) is 18.2 Å². The van der Waals surface area contributed by atoms with Crippen LogP contribution in [0.25, 0.3) is 0 Å². The minimum atomic E-state index is -1.10. The third-order valence-corrected chi connectivity index (χ3v) is 2.49. The summed E-state index contributed by atoms with van der Waals surface area (Å²) >= 11 is 5.75. The van der Waals surface area contributed by atoms with Crippen molar-refractivity contribution in [3.05, 3.63) is 47.1 Å². The van der Waals surface area contributed by atoms with Gasteiger partial charge in [0.15, 0.2) is 11.5 Å². The molecule has 0 amide bonds. The molecule has 0 spiro atoms. The zero-order valence-electron chi connectivity index (χ0n) is 9.96. The molecule has 0 aliphatic carbocycles. The Kier molecular flexibility index (Phi) is 3.87. The number of hydrogen-bond acceptors (Lipinski definition) is 4. The molecule has 1 heterocycles. The number of carboxylic acid groups (broad SMARTS) is 1. The Morgan fingerprint density at radius 1 is 1.26 bits per heavy atom. The van der Waals surface area contributed by atoms with Gasteiger partial charge in [0.05, 0.1) is 12.7 Å². The van der Waals surface area contributed by atoms with Crippen molar-refractivity contribution in [1.29, 1.82) is 0 Å². The van der Waals surface area contributed by atoms with Crippen LogP contribution < -0.4 is 9.47 Å². The summed E-state index contributed by atoms with van der Waals surface area (Å²) in [4.78, 5) is 14.8. The number of ether oxygens (including phenoxy) is 2. The van der Waals surface area contributed by atoms with Gasteiger partial charge < -0.3 is 14.6 Å². The molecule has 0 unspecified atom stereocenters. The topological polar surface area (TPSA) is 68.7 Å². The highest BCUT2D eigenvalue weighted by Gasteiger charge is 2.11. The lowest BCUT2D eigenvalue weighted by Gasteiger charge is -2.09. The van der Waals surface area contributed by atoms with Crippen LogP contribution in [0.3, 0.4) is 0 Å². The smallest absolute Gasteiger partial charge is 0.335 e. The van der Waals surface area contributed by atoms with Gasteiger partial charge in [0.25, 0.3) is 0 Å². The fraction of sp³-hybridized carbons (Fsp3) is 0.0769. The molecule has 0 aliphatic rings. The number of benzene rings is 1. The molecule has 2 aromatic rings. The maximum Gasteiger partial charge on any atom is 0.335 e. The number of methoxy groups -OCH3 is 1. The number of para-hydroxylation sites is 2. The van der Waals surface area contributed by atoms with Crippen molar-refractivity contribution in [2.45, 2.75) is 0 Å². The molecule has 0 aliphatic heterocycles. The summed E-state index contributed by atoms with van der Waals surface area (Å²) in [6.45, 7) is 0. The molecule has 2 rings (SSSR count). The Morgan fingerprint density at radius 3 is 2.58 bits per heavy atom. The van der Waals surface area contributed by atoms with E-state index in [1.807, 2.05) is 0 Å². The van der Waals surface area contributed by atoms with Gasteiger partial charge in [-0.1, -0.05) is 23.7 Å². The molecule has 0 saturated carbocycles. The van der Waals surface area contributed by atoms with Gasteiger partial charge in [-0.3, -0.25) is 0 Å². The molecule has 0 atom stereocenters. The van der Waals surface area contributed by atoms with Crippen LogP contribution in [0.5, 0.6) is 17.4 Å². The normalized spacial score (nSPS) is 10.0. The van der Waals surface area contributed by atoms with E-state index in [0.29, 0.717) is 11.5 Å². The van der Waals surface area contributed by atoms with E-state index in [-0.39, 0.29) is 16.6 Å². The van der Waals surface area contributed by atoms with Crippen molar-refractivity contribution >= 4 is 17.6 Å². The summed E-state index contributed by atoms with van der Waals surface area (Å²) in [5.74, 6) is -0.0687. The Bertz CT molecular complexity index is 615. The summed E-state index contributed by atoms with van der Waals surface area (Å²) in [5.41, 5.74) is 0.00454. The van der Waals surface area contributed by atoms with Crippen LogP contribution in [-0.4, -0.2) is 23.2 Å². The van der Waals surface area contributed by atoms with E-state index >= 15 is 0 Å². The second-order valence-corrected chi connectivity index (χ2v) is 3.96. The summed E-state index contributed by atoms with van der Waals surface area (Å²) < 4.78 is 10.6. The molecule has 6 heteroatoms. The fourth-order valence-electron chi connectivity index (χ4n) is 1.46. The first-order valence-corrected chi connectivity index (χ1v) is 5.69. The van der Waals surface area contributed by atoms with Crippen molar-refractivity contribution in [3.63, 3.8) is 0 Å². The number of pyridine rings is 1. The molecule has 19 heavy (non-hydrogen) atoms. The average molecular weight is 280 g/mol. The number of rotatable bonds is 4. The average Bonchev–Trinajstić information content (AvgIpc) is 2.38. The quantitative estimate of drug-likeness (QED) is 0.870. The van der Waals surface area contributed by atoms with Crippen LogP contribution in [0.2, 0.25) is 5.15 Å². The van der Waals surface area contributed by atoms with Gasteiger partial charge >= 0.3 is 5.97 Å². The fourth-order valence-corrected chi connectivity index (χ4v) is 1.67. The number of aromatic carboxylic acids is 1. The van der Waals surface area contributed by atoms with Gasteiger partial charge in [-0.2, -0.15) is 0 Å². The molecule has 5 nitrogen and oxygen atoms in total. The molecule has 0 bridgehead atoms. The van der Waals surface area contributed by atoms with E-state index in [1.165, 1.54) is 19.2 Å². The van der Waals surface area contributed by atoms with Gasteiger partial charge in [0.2, 0.25) is 5.88 Å². The second-order valence-electron chi connectivity index (χ2n) is 3.57. The van der Waals surface area contributed by atoms with E-state index in [0.717, 1.165) is 0 Å². The molecule has 98 valence electrons. The van der Waals surface area contributed by atoms with Gasteiger partial charge in [-0.25, -0.2) is 9.78 Å². The molecular weight excluding hydrogens is 270 g/mol. The van der Waals surface area contributed by atoms with Gasteiger partial charge in [0, 0.05) is 6.07 Å². The van der Waals surface area contributed by atoms with E-state index in [1.54, 1.807) is 24.3 Å². The number of carboxylic acids is 1. The Morgan fingerprint density at radius 2 is 1.95 bits per heavy atom. The highest BCUT2D eigenvalue weighted by Crippen LogP contribution is 2.30. The number of carbonyl (C=O) groups is 1. The van der Waals surface area contributed by atoms with Crippen LogP contribution >= 0.6 is 11.6 Å². The summed E-state index contributed by atoms with van der Waals surface area (Å²) in [6, 6.07) is 9.50. The lowest BCUT2D eigenvalue weighted by atomic mass is 10.3. The standard InChI is InChI=1S/C13H10ClNO4/c1-18-9-4-2-3-5-10(9)19-12-7-8(13(16)17)6-11(14)15-12/h2-7H,1H3,(H,16,17). The molecule has 1 N–H and O–H groups in total. The Balaban J connectivity index is 2.35. The van der Waals surface area contributed by atoms with E-state index in [4.69, 9.17) is 26.2 Å². The predicted octanol–water partition coefficient (Wildman–Crippen LogP) is 3.23. The molecule has 0 fully saturated rings. The zero-order chi connectivity index (χ0) is 13.8. The third-order valence-electron chi connectivity index (χ3n) is 2.30. The lowest BCUT2D eigenvalue weighted by Crippen LogP contribution is -1.99. The highest BCUT2D eigenvalue weighted by molar-refractivity contribution is 6.29. The number of halogens is 1. The van der Waals surface area contributed by atoms with E-state index in [9.17, 15) is 4.79 Å². The molecule has 1 aromatic carbocycles. The van der Waals surface area contributed by atoms with Crippen LogP contribution in [0, 0.1) is 0 Å². The lowest BCUT2D eigenvalue weighted by molar-refractivity contribution is 0.0696. The molecule has 0 saturated heterocycles. The molecule has 0 radical (unpaired) electrons. The SMILES string of the molecule is COc1ccccc1Oc1cc(C(=O)O)cc(Cl)n1. The van der Waals surface area contributed by atoms with Crippen molar-refractivity contribution < 1.29 is 19.4 Å². The first-order chi connectivity index (χ1) is 9.10. The van der Waals surface area contributed by atoms with Crippen molar-refractivity contribution in [2.24, 2.45) is 0 Å². The number of aromatic nitrogens is 1. The third kappa shape index (κ3) is 3.14. The summed E-state index contributed by atoms with van der Waals surface area (Å²) in [6.07, 6.45) is 0.